The fourth-order valence-electron chi connectivity index (χ4n) is 1.32. The molecule has 0 N–H and O–H groups in total. The second-order valence-electron chi connectivity index (χ2n) is 5.17. The zero-order chi connectivity index (χ0) is 14.7. The number of sulfone groups is 1. The quantitative estimate of drug-likeness (QED) is 0.742. The maximum absolute atomic E-state index is 11.9. The summed E-state index contributed by atoms with van der Waals surface area (Å²) in [5, 5.41) is 0. The Balaban J connectivity index is 2.64. The van der Waals surface area contributed by atoms with Crippen LogP contribution in [0.2, 0.25) is 0 Å². The fraction of sp³-hybridized carbons (Fsp3) is 0.538. The molecule has 0 saturated carbocycles. The van der Waals surface area contributed by atoms with Crippen LogP contribution in [0.1, 0.15) is 26.3 Å². The van der Waals surface area contributed by atoms with Crippen LogP contribution in [-0.2, 0) is 15.7 Å². The van der Waals surface area contributed by atoms with E-state index in [1.807, 2.05) is 6.07 Å². The van der Waals surface area contributed by atoms with Crippen LogP contribution in [-0.4, -0.2) is 25.5 Å². The molecule has 0 spiro atoms. The van der Waals surface area contributed by atoms with Crippen molar-refractivity contribution in [3.05, 3.63) is 28.2 Å². The minimum atomic E-state index is -3.15. The zero-order valence-electron chi connectivity index (χ0n) is 11.2. The summed E-state index contributed by atoms with van der Waals surface area (Å²) in [6.45, 7) is 5.21. The highest BCUT2D eigenvalue weighted by Crippen LogP contribution is 2.24. The molecule has 0 aliphatic heterocycles. The first-order chi connectivity index (χ1) is 8.67. The van der Waals surface area contributed by atoms with E-state index < -0.39 is 14.6 Å². The third-order valence-electron chi connectivity index (χ3n) is 2.71. The average Bonchev–Trinajstić information content (AvgIpc) is 2.29. The highest BCUT2D eigenvalue weighted by atomic mass is 79.9. The molecule has 0 bridgehead atoms. The Morgan fingerprint density at radius 1 is 1.32 bits per heavy atom. The first kappa shape index (κ1) is 16.8. The summed E-state index contributed by atoms with van der Waals surface area (Å²) >= 11 is 9.17. The predicted molar refractivity (Wildman–Crippen MR) is 82.7 cm³/mol. The van der Waals surface area contributed by atoms with Gasteiger partial charge >= 0.3 is 0 Å². The number of rotatable bonds is 5. The van der Waals surface area contributed by atoms with Gasteiger partial charge in [0.05, 0.1) is 10.5 Å². The molecule has 0 amide bonds. The van der Waals surface area contributed by atoms with E-state index in [2.05, 4.69) is 15.9 Å². The summed E-state index contributed by atoms with van der Waals surface area (Å²) < 4.78 is 29.5. The summed E-state index contributed by atoms with van der Waals surface area (Å²) in [6.07, 6.45) is 0. The minimum absolute atomic E-state index is 0.00275. The Morgan fingerprint density at radius 3 is 2.47 bits per heavy atom. The van der Waals surface area contributed by atoms with Crippen LogP contribution < -0.4 is 4.74 Å². The van der Waals surface area contributed by atoms with Gasteiger partial charge < -0.3 is 4.74 Å². The van der Waals surface area contributed by atoms with Crippen molar-refractivity contribution in [2.24, 2.45) is 0 Å². The normalized spacial score (nSPS) is 12.5. The molecule has 1 rings (SSSR count). The maximum Gasteiger partial charge on any atom is 0.158 e. The van der Waals surface area contributed by atoms with Crippen molar-refractivity contribution >= 4 is 37.4 Å². The first-order valence-corrected chi connectivity index (χ1v) is 8.85. The topological polar surface area (TPSA) is 43.4 Å². The van der Waals surface area contributed by atoms with Crippen LogP contribution >= 0.6 is 27.5 Å². The zero-order valence-corrected chi connectivity index (χ0v) is 14.4. The molecule has 0 fully saturated rings. The van der Waals surface area contributed by atoms with Crippen molar-refractivity contribution in [2.45, 2.75) is 31.4 Å². The van der Waals surface area contributed by atoms with Crippen LogP contribution in [0.5, 0.6) is 5.75 Å². The molecule has 0 aliphatic rings. The van der Waals surface area contributed by atoms with E-state index in [1.54, 1.807) is 32.9 Å². The predicted octanol–water partition coefficient (Wildman–Crippen LogP) is 3.78. The number of hydrogen-bond acceptors (Lipinski definition) is 3. The monoisotopic (exact) mass is 368 g/mol. The SMILES string of the molecule is CC(C)(C)S(=O)(=O)CCOc1ccc(Br)c(CCl)c1. The van der Waals surface area contributed by atoms with Gasteiger partial charge in [0.25, 0.3) is 0 Å². The smallest absolute Gasteiger partial charge is 0.158 e. The molecule has 0 saturated heterocycles. The van der Waals surface area contributed by atoms with Gasteiger partial charge in [0.2, 0.25) is 0 Å². The molecular formula is C13H18BrClO3S. The lowest BCUT2D eigenvalue weighted by atomic mass is 10.2. The Morgan fingerprint density at radius 2 is 1.95 bits per heavy atom. The van der Waals surface area contributed by atoms with Gasteiger partial charge in [-0.1, -0.05) is 15.9 Å². The minimum Gasteiger partial charge on any atom is -0.493 e. The molecule has 0 radical (unpaired) electrons. The molecule has 1 aromatic carbocycles. The highest BCUT2D eigenvalue weighted by molar-refractivity contribution is 9.10. The van der Waals surface area contributed by atoms with Crippen molar-refractivity contribution in [1.29, 1.82) is 0 Å². The van der Waals surface area contributed by atoms with Gasteiger partial charge in [-0.25, -0.2) is 8.42 Å². The summed E-state index contributed by atoms with van der Waals surface area (Å²) in [5.74, 6) is 1.00. The number of halogens is 2. The average molecular weight is 370 g/mol. The second kappa shape index (κ2) is 6.46. The lowest BCUT2D eigenvalue weighted by molar-refractivity contribution is 0.339. The van der Waals surface area contributed by atoms with Crippen molar-refractivity contribution in [2.75, 3.05) is 12.4 Å². The molecule has 0 aliphatic carbocycles. The first-order valence-electron chi connectivity index (χ1n) is 5.87. The van der Waals surface area contributed by atoms with E-state index >= 15 is 0 Å². The van der Waals surface area contributed by atoms with Gasteiger partial charge in [0, 0.05) is 10.4 Å². The molecule has 19 heavy (non-hydrogen) atoms. The van der Waals surface area contributed by atoms with Crippen molar-refractivity contribution in [3.8, 4) is 5.75 Å². The highest BCUT2D eigenvalue weighted by Gasteiger charge is 2.28. The molecule has 3 nitrogen and oxygen atoms in total. The Labute approximate surface area is 128 Å². The Kier molecular flexibility index (Phi) is 5.71. The van der Waals surface area contributed by atoms with Crippen LogP contribution in [0.15, 0.2) is 22.7 Å². The van der Waals surface area contributed by atoms with Crippen LogP contribution in [0.4, 0.5) is 0 Å². The number of benzene rings is 1. The van der Waals surface area contributed by atoms with Crippen LogP contribution in [0.25, 0.3) is 0 Å². The Hall–Kier alpha value is -0.260. The standard InChI is InChI=1S/C13H18BrClO3S/c1-13(2,3)19(16,17)7-6-18-11-4-5-12(14)10(8-11)9-15/h4-5,8H,6-7,9H2,1-3H3. The molecule has 6 heteroatoms. The van der Waals surface area contributed by atoms with Crippen molar-refractivity contribution in [1.82, 2.24) is 0 Å². The van der Waals surface area contributed by atoms with Crippen molar-refractivity contribution in [3.63, 3.8) is 0 Å². The van der Waals surface area contributed by atoms with Crippen LogP contribution in [0.3, 0.4) is 0 Å². The maximum atomic E-state index is 11.9. The Bertz CT molecular complexity index is 535. The number of alkyl halides is 1. The summed E-state index contributed by atoms with van der Waals surface area (Å²) in [6, 6.07) is 5.43. The summed E-state index contributed by atoms with van der Waals surface area (Å²) in [4.78, 5) is 0. The van der Waals surface area contributed by atoms with Gasteiger partial charge in [-0.2, -0.15) is 0 Å². The lowest BCUT2D eigenvalue weighted by Gasteiger charge is -2.19. The van der Waals surface area contributed by atoms with E-state index in [1.165, 1.54) is 0 Å². The van der Waals surface area contributed by atoms with E-state index in [0.29, 0.717) is 11.6 Å². The third-order valence-corrected chi connectivity index (χ3v) is 6.35. The summed E-state index contributed by atoms with van der Waals surface area (Å²) in [5.41, 5.74) is 0.915. The van der Waals surface area contributed by atoms with Gasteiger partial charge in [0.1, 0.15) is 12.4 Å². The molecular weight excluding hydrogens is 352 g/mol. The lowest BCUT2D eigenvalue weighted by Crippen LogP contribution is -2.32. The van der Waals surface area contributed by atoms with Gasteiger partial charge in [-0.05, 0) is 44.5 Å². The summed E-state index contributed by atoms with van der Waals surface area (Å²) in [7, 11) is -3.15. The van der Waals surface area contributed by atoms with E-state index in [0.717, 1.165) is 10.0 Å². The van der Waals surface area contributed by atoms with Gasteiger partial charge in [0.15, 0.2) is 9.84 Å². The van der Waals surface area contributed by atoms with Crippen LogP contribution in [0, 0.1) is 0 Å². The molecule has 0 heterocycles. The molecule has 0 aromatic heterocycles. The number of hydrogen-bond donors (Lipinski definition) is 0. The number of ether oxygens (including phenoxy) is 1. The molecule has 108 valence electrons. The fourth-order valence-corrected chi connectivity index (χ4v) is 3.00. The van der Waals surface area contributed by atoms with Crippen molar-refractivity contribution < 1.29 is 13.2 Å². The van der Waals surface area contributed by atoms with Gasteiger partial charge in [-0.3, -0.25) is 0 Å². The second-order valence-corrected chi connectivity index (χ2v) is 9.15. The van der Waals surface area contributed by atoms with Gasteiger partial charge in [-0.15, -0.1) is 11.6 Å². The third kappa shape index (κ3) is 4.65. The van der Waals surface area contributed by atoms with E-state index in [9.17, 15) is 8.42 Å². The molecule has 0 unspecified atom stereocenters. The molecule has 0 atom stereocenters. The molecule has 1 aromatic rings. The largest absolute Gasteiger partial charge is 0.493 e. The van der Waals surface area contributed by atoms with E-state index in [4.69, 9.17) is 16.3 Å². The van der Waals surface area contributed by atoms with E-state index in [-0.39, 0.29) is 12.4 Å².